The van der Waals surface area contributed by atoms with E-state index in [2.05, 4.69) is 4.74 Å². The summed E-state index contributed by atoms with van der Waals surface area (Å²) in [5.74, 6) is 0.0231. The molecule has 1 aliphatic carbocycles. The van der Waals surface area contributed by atoms with Crippen LogP contribution in [0.3, 0.4) is 0 Å². The maximum atomic E-state index is 12.5. The molecular formula is C17H21NO6S. The van der Waals surface area contributed by atoms with Crippen molar-refractivity contribution in [2.24, 2.45) is 0 Å². The van der Waals surface area contributed by atoms with Gasteiger partial charge in [0.15, 0.2) is 16.4 Å². The van der Waals surface area contributed by atoms with Gasteiger partial charge in [0.05, 0.1) is 24.2 Å². The van der Waals surface area contributed by atoms with Crippen LogP contribution in [0, 0.1) is 0 Å². The zero-order valence-corrected chi connectivity index (χ0v) is 14.8. The fourth-order valence-corrected chi connectivity index (χ4v) is 4.79. The number of sulfone groups is 1. The van der Waals surface area contributed by atoms with Crippen LogP contribution in [0.25, 0.3) is 0 Å². The van der Waals surface area contributed by atoms with Gasteiger partial charge in [0, 0.05) is 12.1 Å². The first kappa shape index (κ1) is 17.7. The molecule has 3 rings (SSSR count). The van der Waals surface area contributed by atoms with E-state index in [0.717, 1.165) is 12.8 Å². The van der Waals surface area contributed by atoms with Crippen molar-refractivity contribution in [2.45, 2.75) is 31.3 Å². The first-order valence-corrected chi connectivity index (χ1v) is 10.0. The van der Waals surface area contributed by atoms with Crippen LogP contribution in [0.1, 0.15) is 29.6 Å². The molecule has 1 saturated carbocycles. The molecule has 2 aliphatic rings. The highest BCUT2D eigenvalue weighted by molar-refractivity contribution is 7.91. The highest BCUT2D eigenvalue weighted by atomic mass is 32.2. The number of hydrogen-bond donors (Lipinski definition) is 0. The van der Waals surface area contributed by atoms with Gasteiger partial charge in [-0.2, -0.15) is 0 Å². The molecule has 1 aromatic rings. The van der Waals surface area contributed by atoms with Crippen LogP contribution >= 0.6 is 0 Å². The number of rotatable bonds is 6. The number of ether oxygens (including phenoxy) is 2. The summed E-state index contributed by atoms with van der Waals surface area (Å²) in [6, 6.07) is 6.22. The number of esters is 1. The number of benzene rings is 1. The molecule has 8 heteroatoms. The summed E-state index contributed by atoms with van der Waals surface area (Å²) in [5.41, 5.74) is 0.400. The standard InChI is InChI=1S/C17H21NO6S/c1-23-17(20)12-2-6-15(7-3-12)24-10-16(19)18(13-4-5-13)14-8-9-25(21,22)11-14/h2-3,6-7,13-14H,4-5,8-11H2,1H3/t14-/m1/s1. The average molecular weight is 367 g/mol. The van der Waals surface area contributed by atoms with Crippen LogP contribution in [-0.2, 0) is 19.4 Å². The molecule has 0 radical (unpaired) electrons. The highest BCUT2D eigenvalue weighted by Crippen LogP contribution is 2.32. The molecule has 136 valence electrons. The Balaban J connectivity index is 1.60. The fourth-order valence-electron chi connectivity index (χ4n) is 3.08. The molecule has 1 amide bonds. The fraction of sp³-hybridized carbons (Fsp3) is 0.529. The Bertz CT molecular complexity index is 754. The summed E-state index contributed by atoms with van der Waals surface area (Å²) in [4.78, 5) is 25.6. The first-order valence-electron chi connectivity index (χ1n) is 8.22. The van der Waals surface area contributed by atoms with Crippen molar-refractivity contribution in [1.82, 2.24) is 4.90 Å². The third-order valence-corrected chi connectivity index (χ3v) is 6.22. The van der Waals surface area contributed by atoms with E-state index in [9.17, 15) is 18.0 Å². The lowest BCUT2D eigenvalue weighted by molar-refractivity contribution is -0.135. The molecule has 1 atom stereocenters. The van der Waals surface area contributed by atoms with Gasteiger partial charge in [0.1, 0.15) is 5.75 Å². The molecule has 0 N–H and O–H groups in total. The molecule has 1 aromatic carbocycles. The number of carbonyl (C=O) groups excluding carboxylic acids is 2. The predicted octanol–water partition coefficient (Wildman–Crippen LogP) is 1.03. The molecule has 25 heavy (non-hydrogen) atoms. The van der Waals surface area contributed by atoms with Gasteiger partial charge in [-0.3, -0.25) is 4.79 Å². The molecule has 1 aliphatic heterocycles. The van der Waals surface area contributed by atoms with Crippen molar-refractivity contribution in [2.75, 3.05) is 25.2 Å². The predicted molar refractivity (Wildman–Crippen MR) is 90.2 cm³/mol. The molecule has 0 unspecified atom stereocenters. The van der Waals surface area contributed by atoms with Crippen molar-refractivity contribution in [3.63, 3.8) is 0 Å². The van der Waals surface area contributed by atoms with Crippen LogP contribution < -0.4 is 4.74 Å². The third kappa shape index (κ3) is 4.31. The lowest BCUT2D eigenvalue weighted by atomic mass is 10.2. The topological polar surface area (TPSA) is 90.0 Å². The van der Waals surface area contributed by atoms with E-state index in [4.69, 9.17) is 4.74 Å². The minimum Gasteiger partial charge on any atom is -0.484 e. The first-order chi connectivity index (χ1) is 11.9. The number of amides is 1. The maximum absolute atomic E-state index is 12.5. The van der Waals surface area contributed by atoms with E-state index < -0.39 is 15.8 Å². The Hall–Kier alpha value is -2.09. The van der Waals surface area contributed by atoms with Crippen LogP contribution in [0.5, 0.6) is 5.75 Å². The Morgan fingerprint density at radius 1 is 1.12 bits per heavy atom. The Labute approximate surface area is 146 Å². The minimum atomic E-state index is -3.04. The largest absolute Gasteiger partial charge is 0.484 e. The molecular weight excluding hydrogens is 346 g/mol. The molecule has 1 saturated heterocycles. The maximum Gasteiger partial charge on any atom is 0.337 e. The molecule has 2 fully saturated rings. The van der Waals surface area contributed by atoms with E-state index in [0.29, 0.717) is 17.7 Å². The number of carbonyl (C=O) groups is 2. The highest BCUT2D eigenvalue weighted by Gasteiger charge is 2.42. The summed E-state index contributed by atoms with van der Waals surface area (Å²) < 4.78 is 33.5. The van der Waals surface area contributed by atoms with Crippen molar-refractivity contribution < 1.29 is 27.5 Å². The second kappa shape index (κ2) is 7.03. The Morgan fingerprint density at radius 2 is 1.80 bits per heavy atom. The SMILES string of the molecule is COC(=O)c1ccc(OCC(=O)N(C2CC2)[C@@H]2CCS(=O)(=O)C2)cc1. The molecule has 0 bridgehead atoms. The Kier molecular flexibility index (Phi) is 4.99. The van der Waals surface area contributed by atoms with Gasteiger partial charge in [-0.15, -0.1) is 0 Å². The molecule has 0 aromatic heterocycles. The zero-order valence-electron chi connectivity index (χ0n) is 14.0. The lowest BCUT2D eigenvalue weighted by Crippen LogP contribution is -2.45. The monoisotopic (exact) mass is 367 g/mol. The van der Waals surface area contributed by atoms with E-state index in [-0.39, 0.29) is 36.1 Å². The van der Waals surface area contributed by atoms with Crippen LogP contribution in [0.2, 0.25) is 0 Å². The number of nitrogens with zero attached hydrogens (tertiary/aromatic N) is 1. The molecule has 7 nitrogen and oxygen atoms in total. The van der Waals surface area contributed by atoms with Gasteiger partial charge in [0.25, 0.3) is 5.91 Å². The van der Waals surface area contributed by atoms with Gasteiger partial charge >= 0.3 is 5.97 Å². The normalized spacial score (nSPS) is 21.6. The van der Waals surface area contributed by atoms with Crippen LogP contribution in [-0.4, -0.2) is 62.5 Å². The summed E-state index contributed by atoms with van der Waals surface area (Å²) in [6.45, 7) is -0.148. The minimum absolute atomic E-state index is 0.0447. The number of methoxy groups -OCH3 is 1. The van der Waals surface area contributed by atoms with E-state index in [1.165, 1.54) is 7.11 Å². The van der Waals surface area contributed by atoms with Gasteiger partial charge in [0.2, 0.25) is 0 Å². The second-order valence-corrected chi connectivity index (χ2v) is 8.62. The molecule has 1 heterocycles. The van der Waals surface area contributed by atoms with E-state index >= 15 is 0 Å². The third-order valence-electron chi connectivity index (χ3n) is 4.47. The smallest absolute Gasteiger partial charge is 0.337 e. The summed E-state index contributed by atoms with van der Waals surface area (Å²) in [6.07, 6.45) is 2.32. The van der Waals surface area contributed by atoms with Crippen LogP contribution in [0.4, 0.5) is 0 Å². The van der Waals surface area contributed by atoms with E-state index in [1.54, 1.807) is 29.2 Å². The van der Waals surface area contributed by atoms with Gasteiger partial charge < -0.3 is 14.4 Å². The second-order valence-electron chi connectivity index (χ2n) is 6.39. The average Bonchev–Trinajstić information content (AvgIpc) is 3.36. The quantitative estimate of drug-likeness (QED) is 0.698. The Morgan fingerprint density at radius 3 is 2.32 bits per heavy atom. The van der Waals surface area contributed by atoms with Gasteiger partial charge in [-0.05, 0) is 43.5 Å². The van der Waals surface area contributed by atoms with Crippen molar-refractivity contribution in [3.8, 4) is 5.75 Å². The van der Waals surface area contributed by atoms with Gasteiger partial charge in [-0.25, -0.2) is 13.2 Å². The van der Waals surface area contributed by atoms with Crippen molar-refractivity contribution in [3.05, 3.63) is 29.8 Å². The zero-order chi connectivity index (χ0) is 18.0. The molecule has 0 spiro atoms. The number of hydrogen-bond acceptors (Lipinski definition) is 6. The summed E-state index contributed by atoms with van der Waals surface area (Å²) in [5, 5.41) is 0. The van der Waals surface area contributed by atoms with E-state index in [1.807, 2.05) is 0 Å². The summed E-state index contributed by atoms with van der Waals surface area (Å²) in [7, 11) is -1.73. The lowest BCUT2D eigenvalue weighted by Gasteiger charge is -2.28. The van der Waals surface area contributed by atoms with Gasteiger partial charge in [-0.1, -0.05) is 0 Å². The summed E-state index contributed by atoms with van der Waals surface area (Å²) >= 11 is 0. The van der Waals surface area contributed by atoms with Crippen LogP contribution in [0.15, 0.2) is 24.3 Å². The van der Waals surface area contributed by atoms with Crippen molar-refractivity contribution in [1.29, 1.82) is 0 Å². The van der Waals surface area contributed by atoms with Crippen molar-refractivity contribution >= 4 is 21.7 Å².